The van der Waals surface area contributed by atoms with Gasteiger partial charge in [0.25, 0.3) is 0 Å². The number of rotatable bonds is 5. The molecule has 1 N–H and O–H groups in total. The highest BCUT2D eigenvalue weighted by atomic mass is 79.9. The Hall–Kier alpha value is -0.120. The quantitative estimate of drug-likeness (QED) is 0.714. The van der Waals surface area contributed by atoms with Gasteiger partial charge in [0, 0.05) is 16.2 Å². The van der Waals surface area contributed by atoms with Crippen molar-refractivity contribution in [3.63, 3.8) is 0 Å². The van der Waals surface area contributed by atoms with Crippen LogP contribution in [0, 0.1) is 0 Å². The third-order valence-corrected chi connectivity index (χ3v) is 6.62. The number of hydrogen-bond donors (Lipinski definition) is 1. The van der Waals surface area contributed by atoms with Crippen LogP contribution in [-0.2, 0) is 16.2 Å². The van der Waals surface area contributed by atoms with Gasteiger partial charge in [-0.2, -0.15) is 13.2 Å². The first-order valence-corrected chi connectivity index (χ1v) is 9.10. The summed E-state index contributed by atoms with van der Waals surface area (Å²) in [6.07, 6.45) is -4.73. The number of alkyl halides is 5. The standard InChI is InChI=1S/C11H12Br2F3NO2S/c1-10(6-12,7-13)17-20(18,19)9-5-3-2-4-8(9)11(14,15)16/h2-5,17H,6-7H2,1H3. The van der Waals surface area contributed by atoms with Crippen LogP contribution in [0.1, 0.15) is 12.5 Å². The van der Waals surface area contributed by atoms with Crippen molar-refractivity contribution in [2.75, 3.05) is 10.7 Å². The Bertz CT molecular complexity index is 571. The molecule has 1 rings (SSSR count). The Morgan fingerprint density at radius 1 is 1.15 bits per heavy atom. The van der Waals surface area contributed by atoms with Crippen LogP contribution in [0.4, 0.5) is 13.2 Å². The molecule has 0 saturated heterocycles. The van der Waals surface area contributed by atoms with Gasteiger partial charge in [0.1, 0.15) is 0 Å². The average molecular weight is 439 g/mol. The summed E-state index contributed by atoms with van der Waals surface area (Å²) in [5.41, 5.74) is -2.11. The van der Waals surface area contributed by atoms with Crippen molar-refractivity contribution in [3.05, 3.63) is 29.8 Å². The Kier molecular flexibility index (Phi) is 5.67. The minimum absolute atomic E-state index is 0.249. The van der Waals surface area contributed by atoms with E-state index in [2.05, 4.69) is 36.6 Å². The molecular formula is C11H12Br2F3NO2S. The Balaban J connectivity index is 3.31. The van der Waals surface area contributed by atoms with E-state index in [0.29, 0.717) is 0 Å². The van der Waals surface area contributed by atoms with E-state index in [1.165, 1.54) is 6.07 Å². The molecule has 0 aliphatic heterocycles. The van der Waals surface area contributed by atoms with Crippen LogP contribution < -0.4 is 4.72 Å². The van der Waals surface area contributed by atoms with E-state index in [4.69, 9.17) is 0 Å². The minimum atomic E-state index is -4.73. The third-order valence-electron chi connectivity index (χ3n) is 2.45. The fourth-order valence-electron chi connectivity index (χ4n) is 1.40. The molecule has 0 bridgehead atoms. The van der Waals surface area contributed by atoms with Gasteiger partial charge in [0.05, 0.1) is 10.5 Å². The van der Waals surface area contributed by atoms with E-state index in [0.717, 1.165) is 18.2 Å². The highest BCUT2D eigenvalue weighted by Crippen LogP contribution is 2.34. The molecule has 0 saturated carbocycles. The molecule has 1 aromatic carbocycles. The summed E-state index contributed by atoms with van der Waals surface area (Å²) in [5.74, 6) is 0. The number of sulfonamides is 1. The van der Waals surface area contributed by atoms with Crippen molar-refractivity contribution in [1.82, 2.24) is 4.72 Å². The molecule has 3 nitrogen and oxygen atoms in total. The van der Waals surface area contributed by atoms with E-state index >= 15 is 0 Å². The van der Waals surface area contributed by atoms with E-state index in [1.54, 1.807) is 6.92 Å². The maximum Gasteiger partial charge on any atom is 0.417 e. The molecule has 0 fully saturated rings. The van der Waals surface area contributed by atoms with Gasteiger partial charge in [-0.3, -0.25) is 0 Å². The second-order valence-corrected chi connectivity index (χ2v) is 7.20. The zero-order valence-corrected chi connectivity index (χ0v) is 14.3. The monoisotopic (exact) mass is 437 g/mol. The zero-order chi connectivity index (χ0) is 15.6. The predicted octanol–water partition coefficient (Wildman–Crippen LogP) is 3.53. The van der Waals surface area contributed by atoms with Gasteiger partial charge in [-0.05, 0) is 19.1 Å². The van der Waals surface area contributed by atoms with Crippen LogP contribution in [0.5, 0.6) is 0 Å². The molecular weight excluding hydrogens is 427 g/mol. The van der Waals surface area contributed by atoms with Crippen molar-refractivity contribution in [1.29, 1.82) is 0 Å². The Labute approximate surface area is 132 Å². The van der Waals surface area contributed by atoms with E-state index in [-0.39, 0.29) is 10.7 Å². The predicted molar refractivity (Wildman–Crippen MR) is 77.8 cm³/mol. The topological polar surface area (TPSA) is 46.2 Å². The zero-order valence-electron chi connectivity index (χ0n) is 10.3. The van der Waals surface area contributed by atoms with Crippen LogP contribution in [0.2, 0.25) is 0 Å². The number of benzene rings is 1. The first kappa shape index (κ1) is 17.9. The lowest BCUT2D eigenvalue weighted by molar-refractivity contribution is -0.139. The SMILES string of the molecule is CC(CBr)(CBr)NS(=O)(=O)c1ccccc1C(F)(F)F. The molecule has 0 spiro atoms. The normalized spacial score (nSPS) is 13.5. The molecule has 0 radical (unpaired) electrons. The first-order valence-electron chi connectivity index (χ1n) is 5.38. The van der Waals surface area contributed by atoms with Crippen molar-refractivity contribution in [2.45, 2.75) is 23.5 Å². The molecule has 0 unspecified atom stereocenters. The molecule has 0 atom stereocenters. The highest BCUT2D eigenvalue weighted by Gasteiger charge is 2.38. The fourth-order valence-corrected chi connectivity index (χ4v) is 4.62. The summed E-state index contributed by atoms with van der Waals surface area (Å²) >= 11 is 6.27. The van der Waals surface area contributed by atoms with Gasteiger partial charge in [-0.15, -0.1) is 0 Å². The summed E-state index contributed by atoms with van der Waals surface area (Å²) in [7, 11) is -4.29. The maximum absolute atomic E-state index is 12.9. The smallest absolute Gasteiger partial charge is 0.207 e. The molecule has 0 aliphatic carbocycles. The van der Waals surface area contributed by atoms with Crippen LogP contribution in [0.3, 0.4) is 0 Å². The lowest BCUT2D eigenvalue weighted by Crippen LogP contribution is -2.49. The first-order chi connectivity index (χ1) is 9.06. The van der Waals surface area contributed by atoms with Gasteiger partial charge in [-0.1, -0.05) is 44.0 Å². The van der Waals surface area contributed by atoms with E-state index in [1.807, 2.05) is 0 Å². The Morgan fingerprint density at radius 2 is 1.65 bits per heavy atom. The number of halogens is 5. The largest absolute Gasteiger partial charge is 0.417 e. The molecule has 20 heavy (non-hydrogen) atoms. The van der Waals surface area contributed by atoms with E-state index in [9.17, 15) is 21.6 Å². The molecule has 0 amide bonds. The lowest BCUT2D eigenvalue weighted by Gasteiger charge is -2.26. The summed E-state index contributed by atoms with van der Waals surface area (Å²) in [4.78, 5) is -0.777. The summed E-state index contributed by atoms with van der Waals surface area (Å²) in [6.45, 7) is 1.57. The molecule has 0 heterocycles. The van der Waals surface area contributed by atoms with Crippen LogP contribution in [0.15, 0.2) is 29.2 Å². The second-order valence-electron chi connectivity index (χ2n) is 4.43. The molecule has 1 aromatic rings. The van der Waals surface area contributed by atoms with Gasteiger partial charge >= 0.3 is 6.18 Å². The molecule has 0 aromatic heterocycles. The number of hydrogen-bond acceptors (Lipinski definition) is 2. The number of nitrogens with one attached hydrogen (secondary N) is 1. The molecule has 0 aliphatic rings. The lowest BCUT2D eigenvalue weighted by atomic mass is 10.1. The van der Waals surface area contributed by atoms with E-state index < -0.39 is 32.2 Å². The summed E-state index contributed by atoms with van der Waals surface area (Å²) < 4.78 is 65.2. The average Bonchev–Trinajstić information content (AvgIpc) is 2.37. The van der Waals surface area contributed by atoms with Crippen molar-refractivity contribution in [2.24, 2.45) is 0 Å². The van der Waals surface area contributed by atoms with Gasteiger partial charge < -0.3 is 0 Å². The van der Waals surface area contributed by atoms with Crippen molar-refractivity contribution in [3.8, 4) is 0 Å². The van der Waals surface area contributed by atoms with Crippen molar-refractivity contribution >= 4 is 41.9 Å². The van der Waals surface area contributed by atoms with Crippen LogP contribution >= 0.6 is 31.9 Å². The molecule has 114 valence electrons. The fraction of sp³-hybridized carbons (Fsp3) is 0.455. The second kappa shape index (κ2) is 6.33. The van der Waals surface area contributed by atoms with Crippen LogP contribution in [-0.4, -0.2) is 24.6 Å². The van der Waals surface area contributed by atoms with Crippen LogP contribution in [0.25, 0.3) is 0 Å². The summed E-state index contributed by atoms with van der Waals surface area (Å²) in [6, 6.07) is 4.08. The van der Waals surface area contributed by atoms with Gasteiger partial charge in [-0.25, -0.2) is 13.1 Å². The molecule has 9 heteroatoms. The van der Waals surface area contributed by atoms with Crippen molar-refractivity contribution < 1.29 is 21.6 Å². The minimum Gasteiger partial charge on any atom is -0.207 e. The summed E-state index contributed by atoms with van der Waals surface area (Å²) in [5, 5.41) is 0.497. The highest BCUT2D eigenvalue weighted by molar-refractivity contribution is 9.09. The van der Waals surface area contributed by atoms with Gasteiger partial charge in [0.2, 0.25) is 10.0 Å². The Morgan fingerprint density at radius 3 is 2.10 bits per heavy atom. The van der Waals surface area contributed by atoms with Gasteiger partial charge in [0.15, 0.2) is 0 Å². The third kappa shape index (κ3) is 4.19. The maximum atomic E-state index is 12.9.